The van der Waals surface area contributed by atoms with Gasteiger partial charge in [0.15, 0.2) is 0 Å². The van der Waals surface area contributed by atoms with Crippen LogP contribution in [0.25, 0.3) is 0 Å². The van der Waals surface area contributed by atoms with Gasteiger partial charge in [-0.15, -0.1) is 0 Å². The first-order valence-corrected chi connectivity index (χ1v) is 12.4. The fourth-order valence-corrected chi connectivity index (χ4v) is 3.50. The van der Waals surface area contributed by atoms with Crippen molar-refractivity contribution in [2.45, 2.75) is 76.9 Å². The topological polar surface area (TPSA) is 88.1 Å². The Morgan fingerprint density at radius 3 is 1.54 bits per heavy atom. The van der Waals surface area contributed by atoms with Crippen molar-refractivity contribution in [2.75, 3.05) is 6.61 Å². The Morgan fingerprint density at radius 1 is 0.686 bits per heavy atom. The van der Waals surface area contributed by atoms with Crippen molar-refractivity contribution in [1.29, 1.82) is 0 Å². The quantitative estimate of drug-likeness (QED) is 0.0855. The van der Waals surface area contributed by atoms with Crippen LogP contribution in [0, 0.1) is 0 Å². The molecule has 35 heavy (non-hydrogen) atoms. The van der Waals surface area contributed by atoms with Crippen molar-refractivity contribution < 1.29 is 33.3 Å². The van der Waals surface area contributed by atoms with Crippen LogP contribution in [0.1, 0.15) is 71.1 Å². The van der Waals surface area contributed by atoms with Crippen molar-refractivity contribution in [3.05, 3.63) is 60.7 Å². The van der Waals surface area contributed by atoms with Crippen LogP contribution in [-0.2, 0) is 23.9 Å². The molecule has 0 N–H and O–H groups in total. The van der Waals surface area contributed by atoms with Crippen LogP contribution in [0.15, 0.2) is 60.7 Å². The van der Waals surface area contributed by atoms with Gasteiger partial charge in [-0.05, 0) is 30.7 Å². The van der Waals surface area contributed by atoms with E-state index in [0.29, 0.717) is 6.42 Å². The Hall–Kier alpha value is -3.19. The standard InChI is InChI=1S/C28H35O7/c1-2-3-4-5-6-7-8-9-10-17-22-32-28(33-23-29,26(30)34-24-18-13-11-14-19-24)27(31)35-25-20-15-12-16-21-25/h11-16,18-21H,2-10,17,22H2,1H3. The summed E-state index contributed by atoms with van der Waals surface area (Å²) in [6.07, 6.45) is 11.0. The Kier molecular flexibility index (Phi) is 13.2. The number of ether oxygens (including phenoxy) is 4. The number of esters is 2. The summed E-state index contributed by atoms with van der Waals surface area (Å²) < 4.78 is 20.9. The smallest absolute Gasteiger partial charge is 0.421 e. The minimum absolute atomic E-state index is 0.00798. The Morgan fingerprint density at radius 2 is 1.11 bits per heavy atom. The predicted molar refractivity (Wildman–Crippen MR) is 131 cm³/mol. The molecule has 2 aromatic rings. The van der Waals surface area contributed by atoms with E-state index in [4.69, 9.17) is 18.9 Å². The molecule has 0 aliphatic carbocycles. The zero-order valence-electron chi connectivity index (χ0n) is 20.4. The molecule has 0 aromatic heterocycles. The Bertz CT molecular complexity index is 814. The third-order valence-corrected chi connectivity index (χ3v) is 5.43. The molecule has 2 rings (SSSR count). The molecule has 0 fully saturated rings. The van der Waals surface area contributed by atoms with Crippen molar-refractivity contribution >= 4 is 18.4 Å². The molecule has 0 aliphatic rings. The second-order valence-corrected chi connectivity index (χ2v) is 8.24. The average Bonchev–Trinajstić information content (AvgIpc) is 2.87. The second kappa shape index (κ2) is 16.4. The first-order valence-electron chi connectivity index (χ1n) is 12.4. The highest BCUT2D eigenvalue weighted by atomic mass is 16.8. The maximum Gasteiger partial charge on any atom is 0.421 e. The summed E-state index contributed by atoms with van der Waals surface area (Å²) in [5.74, 6) is -4.86. The van der Waals surface area contributed by atoms with E-state index >= 15 is 0 Å². The number of para-hydroxylation sites is 2. The fraction of sp³-hybridized carbons (Fsp3) is 0.464. The zero-order valence-corrected chi connectivity index (χ0v) is 20.4. The molecule has 0 heterocycles. The summed E-state index contributed by atoms with van der Waals surface area (Å²) in [7, 11) is 0. The summed E-state index contributed by atoms with van der Waals surface area (Å²) >= 11 is 0. The van der Waals surface area contributed by atoms with E-state index in [1.54, 1.807) is 36.4 Å². The Labute approximate surface area is 207 Å². The lowest BCUT2D eigenvalue weighted by molar-refractivity contribution is -0.223. The summed E-state index contributed by atoms with van der Waals surface area (Å²) in [6, 6.07) is 16.2. The van der Waals surface area contributed by atoms with Gasteiger partial charge in [-0.2, -0.15) is 0 Å². The molecule has 0 saturated heterocycles. The minimum Gasteiger partial charge on any atom is -0.421 e. The van der Waals surface area contributed by atoms with Crippen LogP contribution in [0.3, 0.4) is 0 Å². The van der Waals surface area contributed by atoms with Gasteiger partial charge in [-0.3, -0.25) is 0 Å². The van der Waals surface area contributed by atoms with Crippen molar-refractivity contribution in [2.24, 2.45) is 0 Å². The SMILES string of the molecule is CCCCCCCCCCCCOC(O[C]=O)(C(=O)Oc1ccccc1)C(=O)Oc1ccccc1. The van der Waals surface area contributed by atoms with E-state index in [-0.39, 0.29) is 18.1 Å². The summed E-state index contributed by atoms with van der Waals surface area (Å²) in [6.45, 7) is 3.35. The second-order valence-electron chi connectivity index (χ2n) is 8.24. The van der Waals surface area contributed by atoms with Gasteiger partial charge >= 0.3 is 24.2 Å². The first kappa shape index (κ1) is 28.1. The van der Waals surface area contributed by atoms with Crippen LogP contribution < -0.4 is 9.47 Å². The fourth-order valence-electron chi connectivity index (χ4n) is 3.50. The normalized spacial score (nSPS) is 11.0. The molecule has 7 heteroatoms. The molecule has 0 aliphatic heterocycles. The van der Waals surface area contributed by atoms with E-state index in [1.807, 2.05) is 0 Å². The molecule has 2 aromatic carbocycles. The van der Waals surface area contributed by atoms with Crippen LogP contribution >= 0.6 is 0 Å². The monoisotopic (exact) mass is 483 g/mol. The molecule has 189 valence electrons. The molecule has 0 spiro atoms. The van der Waals surface area contributed by atoms with Crippen LogP contribution in [0.2, 0.25) is 0 Å². The lowest BCUT2D eigenvalue weighted by Crippen LogP contribution is -2.55. The maximum absolute atomic E-state index is 13.0. The molecule has 1 radical (unpaired) electrons. The highest BCUT2D eigenvalue weighted by molar-refractivity contribution is 6.04. The number of benzene rings is 2. The van der Waals surface area contributed by atoms with Crippen molar-refractivity contribution in [3.63, 3.8) is 0 Å². The molecule has 0 amide bonds. The van der Waals surface area contributed by atoms with Gasteiger partial charge in [0.25, 0.3) is 0 Å². The average molecular weight is 484 g/mol. The molecular weight excluding hydrogens is 448 g/mol. The summed E-state index contributed by atoms with van der Waals surface area (Å²) in [4.78, 5) is 37.2. The van der Waals surface area contributed by atoms with Crippen LogP contribution in [0.4, 0.5) is 0 Å². The molecule has 0 bridgehead atoms. The largest absolute Gasteiger partial charge is 0.421 e. The van der Waals surface area contributed by atoms with E-state index in [9.17, 15) is 14.4 Å². The van der Waals surface area contributed by atoms with Gasteiger partial charge in [0.2, 0.25) is 0 Å². The first-order chi connectivity index (χ1) is 17.1. The van der Waals surface area contributed by atoms with Gasteiger partial charge in [-0.25, -0.2) is 14.4 Å². The number of hydrogen-bond acceptors (Lipinski definition) is 7. The van der Waals surface area contributed by atoms with E-state index in [0.717, 1.165) is 25.7 Å². The van der Waals surface area contributed by atoms with Gasteiger partial charge < -0.3 is 18.9 Å². The van der Waals surface area contributed by atoms with E-state index < -0.39 is 17.7 Å². The van der Waals surface area contributed by atoms with Crippen molar-refractivity contribution in [3.8, 4) is 11.5 Å². The number of hydrogen-bond donors (Lipinski definition) is 0. The molecule has 0 unspecified atom stereocenters. The third-order valence-electron chi connectivity index (χ3n) is 5.43. The molecule has 0 atom stereocenters. The van der Waals surface area contributed by atoms with Crippen LogP contribution in [-0.4, -0.2) is 30.8 Å². The van der Waals surface area contributed by atoms with Gasteiger partial charge in [0, 0.05) is 0 Å². The summed E-state index contributed by atoms with van der Waals surface area (Å²) in [5, 5.41) is 0. The Balaban J connectivity index is 1.97. The minimum atomic E-state index is -2.73. The number of carbonyl (C=O) groups excluding carboxylic acids is 3. The predicted octanol–water partition coefficient (Wildman–Crippen LogP) is 5.92. The lowest BCUT2D eigenvalue weighted by atomic mass is 10.1. The number of carbonyl (C=O) groups is 2. The van der Waals surface area contributed by atoms with Gasteiger partial charge in [-0.1, -0.05) is 101 Å². The lowest BCUT2D eigenvalue weighted by Gasteiger charge is -2.26. The third kappa shape index (κ3) is 9.91. The molecule has 7 nitrogen and oxygen atoms in total. The molecular formula is C28H35O7. The molecule has 0 saturated carbocycles. The summed E-state index contributed by atoms with van der Waals surface area (Å²) in [5.41, 5.74) is 0. The van der Waals surface area contributed by atoms with E-state index in [1.165, 1.54) is 62.8 Å². The van der Waals surface area contributed by atoms with Crippen molar-refractivity contribution in [1.82, 2.24) is 0 Å². The van der Waals surface area contributed by atoms with Gasteiger partial charge in [0.05, 0.1) is 6.61 Å². The number of unbranched alkanes of at least 4 members (excludes halogenated alkanes) is 9. The highest BCUT2D eigenvalue weighted by Crippen LogP contribution is 2.23. The van der Waals surface area contributed by atoms with E-state index in [2.05, 4.69) is 6.92 Å². The van der Waals surface area contributed by atoms with Crippen LogP contribution in [0.5, 0.6) is 11.5 Å². The van der Waals surface area contributed by atoms with Gasteiger partial charge in [0.1, 0.15) is 11.5 Å². The number of rotatable bonds is 18. The maximum atomic E-state index is 13.0. The zero-order chi connectivity index (χ0) is 25.2. The highest BCUT2D eigenvalue weighted by Gasteiger charge is 2.55.